The molecule has 1 aromatic carbocycles. The van der Waals surface area contributed by atoms with Crippen molar-refractivity contribution in [3.8, 4) is 0 Å². The van der Waals surface area contributed by atoms with Gasteiger partial charge in [0.05, 0.1) is 0 Å². The summed E-state index contributed by atoms with van der Waals surface area (Å²) in [6, 6.07) is 11.3. The molecule has 0 radical (unpaired) electrons. The van der Waals surface area contributed by atoms with Crippen molar-refractivity contribution in [3.63, 3.8) is 0 Å². The highest BCUT2D eigenvalue weighted by Gasteiger charge is 2.09. The lowest BCUT2D eigenvalue weighted by molar-refractivity contribution is 0.0466. The van der Waals surface area contributed by atoms with Crippen LogP contribution in [-0.2, 0) is 17.9 Å². The number of hydrogen-bond donors (Lipinski definition) is 2. The van der Waals surface area contributed by atoms with Gasteiger partial charge in [0.25, 0.3) is 0 Å². The molecule has 0 spiro atoms. The number of aromatic amines is 1. The van der Waals surface area contributed by atoms with Gasteiger partial charge in [0, 0.05) is 12.7 Å². The summed E-state index contributed by atoms with van der Waals surface area (Å²) in [5, 5.41) is 0. The number of esters is 1. The number of carbonyl (C=O) groups excluding carboxylic acids is 1. The molecule has 4 heteroatoms. The molecule has 2 aromatic rings. The minimum Gasteiger partial charge on any atom is -0.456 e. The van der Waals surface area contributed by atoms with E-state index >= 15 is 0 Å². The van der Waals surface area contributed by atoms with Crippen LogP contribution in [-0.4, -0.2) is 11.0 Å². The van der Waals surface area contributed by atoms with E-state index in [0.717, 1.165) is 11.1 Å². The molecule has 0 saturated carbocycles. The second kappa shape index (κ2) is 5.32. The number of carbonyl (C=O) groups is 1. The van der Waals surface area contributed by atoms with E-state index in [2.05, 4.69) is 4.98 Å². The third-order valence-electron chi connectivity index (χ3n) is 2.41. The first-order valence-electron chi connectivity index (χ1n) is 5.38. The molecule has 0 amide bonds. The Morgan fingerprint density at radius 3 is 2.65 bits per heavy atom. The topological polar surface area (TPSA) is 68.1 Å². The summed E-state index contributed by atoms with van der Waals surface area (Å²) >= 11 is 0. The van der Waals surface area contributed by atoms with Gasteiger partial charge in [-0.05, 0) is 17.2 Å². The van der Waals surface area contributed by atoms with Gasteiger partial charge in [-0.25, -0.2) is 4.79 Å². The zero-order valence-electron chi connectivity index (χ0n) is 9.35. The fourth-order valence-electron chi connectivity index (χ4n) is 1.48. The molecule has 17 heavy (non-hydrogen) atoms. The summed E-state index contributed by atoms with van der Waals surface area (Å²) in [6.07, 6.45) is 1.71. The van der Waals surface area contributed by atoms with Gasteiger partial charge < -0.3 is 15.5 Å². The standard InChI is InChI=1S/C13H14N2O2/c14-7-11-6-12(15-8-11)13(16)17-9-10-4-2-1-3-5-10/h1-6,8,15H,7,9,14H2. The lowest BCUT2D eigenvalue weighted by Gasteiger charge is -2.02. The van der Waals surface area contributed by atoms with Crippen molar-refractivity contribution in [3.05, 3.63) is 59.4 Å². The van der Waals surface area contributed by atoms with Crippen molar-refractivity contribution in [2.45, 2.75) is 13.2 Å². The number of aromatic nitrogens is 1. The summed E-state index contributed by atoms with van der Waals surface area (Å²) in [6.45, 7) is 0.680. The van der Waals surface area contributed by atoms with Crippen LogP contribution in [0.15, 0.2) is 42.6 Å². The van der Waals surface area contributed by atoms with Crippen LogP contribution < -0.4 is 5.73 Å². The summed E-state index contributed by atoms with van der Waals surface area (Å²) in [4.78, 5) is 14.5. The fraction of sp³-hybridized carbons (Fsp3) is 0.154. The van der Waals surface area contributed by atoms with Crippen LogP contribution in [0.2, 0.25) is 0 Å². The van der Waals surface area contributed by atoms with Gasteiger partial charge in [-0.15, -0.1) is 0 Å². The van der Waals surface area contributed by atoms with Crippen LogP contribution in [0.4, 0.5) is 0 Å². The Morgan fingerprint density at radius 2 is 2.00 bits per heavy atom. The Bertz CT molecular complexity index is 491. The number of nitrogens with two attached hydrogens (primary N) is 1. The second-order valence-electron chi connectivity index (χ2n) is 3.69. The van der Waals surface area contributed by atoms with Gasteiger partial charge in [-0.2, -0.15) is 0 Å². The summed E-state index contributed by atoms with van der Waals surface area (Å²) in [5.74, 6) is -0.367. The molecule has 0 aliphatic rings. The predicted octanol–water partition coefficient (Wildman–Crippen LogP) is 1.83. The summed E-state index contributed by atoms with van der Waals surface area (Å²) in [5.41, 5.74) is 7.74. The first-order valence-corrected chi connectivity index (χ1v) is 5.38. The van der Waals surface area contributed by atoms with Crippen LogP contribution in [0.1, 0.15) is 21.6 Å². The van der Waals surface area contributed by atoms with Crippen LogP contribution in [0.3, 0.4) is 0 Å². The zero-order chi connectivity index (χ0) is 12.1. The third-order valence-corrected chi connectivity index (χ3v) is 2.41. The van der Waals surface area contributed by atoms with E-state index in [9.17, 15) is 4.79 Å². The quantitative estimate of drug-likeness (QED) is 0.787. The molecule has 0 aliphatic heterocycles. The highest BCUT2D eigenvalue weighted by Crippen LogP contribution is 2.07. The van der Waals surface area contributed by atoms with Crippen LogP contribution >= 0.6 is 0 Å². The molecule has 88 valence electrons. The monoisotopic (exact) mass is 230 g/mol. The summed E-state index contributed by atoms with van der Waals surface area (Å²) in [7, 11) is 0. The molecular formula is C13H14N2O2. The predicted molar refractivity (Wildman–Crippen MR) is 64.2 cm³/mol. The molecule has 0 atom stereocenters. The molecule has 4 nitrogen and oxygen atoms in total. The van der Waals surface area contributed by atoms with Gasteiger partial charge in [0.15, 0.2) is 0 Å². The van der Waals surface area contributed by atoms with Crippen molar-refractivity contribution in [1.82, 2.24) is 4.98 Å². The molecule has 1 aromatic heterocycles. The van der Waals surface area contributed by atoms with Gasteiger partial charge >= 0.3 is 5.97 Å². The molecule has 1 heterocycles. The second-order valence-corrected chi connectivity index (χ2v) is 3.69. The van der Waals surface area contributed by atoms with Crippen LogP contribution in [0.25, 0.3) is 0 Å². The number of benzene rings is 1. The smallest absolute Gasteiger partial charge is 0.355 e. The van der Waals surface area contributed by atoms with E-state index < -0.39 is 0 Å². The maximum absolute atomic E-state index is 11.7. The van der Waals surface area contributed by atoms with Crippen molar-refractivity contribution < 1.29 is 9.53 Å². The Balaban J connectivity index is 1.93. The molecule has 0 unspecified atom stereocenters. The maximum atomic E-state index is 11.7. The van der Waals surface area contributed by atoms with Crippen LogP contribution in [0.5, 0.6) is 0 Å². The Morgan fingerprint density at radius 1 is 1.24 bits per heavy atom. The fourth-order valence-corrected chi connectivity index (χ4v) is 1.48. The van der Waals surface area contributed by atoms with E-state index in [1.807, 2.05) is 30.3 Å². The molecule has 0 fully saturated rings. The number of H-pyrrole nitrogens is 1. The van der Waals surface area contributed by atoms with Gasteiger partial charge in [-0.3, -0.25) is 0 Å². The lowest BCUT2D eigenvalue weighted by atomic mass is 10.2. The molecular weight excluding hydrogens is 216 g/mol. The normalized spacial score (nSPS) is 10.2. The Kier molecular flexibility index (Phi) is 3.57. The van der Waals surface area contributed by atoms with E-state index in [0.29, 0.717) is 12.2 Å². The van der Waals surface area contributed by atoms with Gasteiger partial charge in [0.1, 0.15) is 12.3 Å². The molecule has 0 aliphatic carbocycles. The Labute approximate surface area is 99.4 Å². The van der Waals surface area contributed by atoms with Crippen molar-refractivity contribution in [2.24, 2.45) is 5.73 Å². The minimum atomic E-state index is -0.367. The average molecular weight is 230 g/mol. The van der Waals surface area contributed by atoms with E-state index in [1.165, 1.54) is 0 Å². The van der Waals surface area contributed by atoms with E-state index in [4.69, 9.17) is 10.5 Å². The Hall–Kier alpha value is -2.07. The molecule has 0 saturated heterocycles. The minimum absolute atomic E-state index is 0.274. The van der Waals surface area contributed by atoms with Crippen molar-refractivity contribution in [2.75, 3.05) is 0 Å². The SMILES string of the molecule is NCc1c[nH]c(C(=O)OCc2ccccc2)c1. The third kappa shape index (κ3) is 2.95. The van der Waals surface area contributed by atoms with E-state index in [-0.39, 0.29) is 12.6 Å². The number of hydrogen-bond acceptors (Lipinski definition) is 3. The van der Waals surface area contributed by atoms with E-state index in [1.54, 1.807) is 12.3 Å². The first-order chi connectivity index (χ1) is 8.29. The number of nitrogens with one attached hydrogen (secondary N) is 1. The maximum Gasteiger partial charge on any atom is 0.355 e. The van der Waals surface area contributed by atoms with Crippen LogP contribution in [0, 0.1) is 0 Å². The number of rotatable bonds is 4. The molecule has 0 bridgehead atoms. The van der Waals surface area contributed by atoms with Crippen molar-refractivity contribution >= 4 is 5.97 Å². The lowest BCUT2D eigenvalue weighted by Crippen LogP contribution is -2.05. The number of ether oxygens (including phenoxy) is 1. The molecule has 3 N–H and O–H groups in total. The average Bonchev–Trinajstić information content (AvgIpc) is 2.86. The van der Waals surface area contributed by atoms with Crippen molar-refractivity contribution in [1.29, 1.82) is 0 Å². The largest absolute Gasteiger partial charge is 0.456 e. The molecule has 2 rings (SSSR count). The van der Waals surface area contributed by atoms with Gasteiger partial charge in [-0.1, -0.05) is 30.3 Å². The summed E-state index contributed by atoms with van der Waals surface area (Å²) < 4.78 is 5.16. The zero-order valence-corrected chi connectivity index (χ0v) is 9.35. The first kappa shape index (κ1) is 11.4. The van der Waals surface area contributed by atoms with Gasteiger partial charge in [0.2, 0.25) is 0 Å². The highest BCUT2D eigenvalue weighted by molar-refractivity contribution is 5.87. The highest BCUT2D eigenvalue weighted by atomic mass is 16.5.